The van der Waals surface area contributed by atoms with Gasteiger partial charge >= 0.3 is 5.97 Å². The molecule has 0 aromatic heterocycles. The Bertz CT molecular complexity index is 855. The van der Waals surface area contributed by atoms with Gasteiger partial charge in [0.2, 0.25) is 0 Å². The third-order valence-corrected chi connectivity index (χ3v) is 3.95. The number of aliphatic imine (C=N–C) groups is 1. The Labute approximate surface area is 159 Å². The van der Waals surface area contributed by atoms with E-state index in [9.17, 15) is 9.18 Å². The van der Waals surface area contributed by atoms with E-state index in [0.717, 1.165) is 11.3 Å². The Morgan fingerprint density at radius 1 is 1.11 bits per heavy atom. The molecule has 0 aliphatic carbocycles. The third kappa shape index (κ3) is 5.26. The molecule has 0 saturated carbocycles. The van der Waals surface area contributed by atoms with Gasteiger partial charge in [-0.25, -0.2) is 9.18 Å². The highest BCUT2D eigenvalue weighted by molar-refractivity contribution is 6.25. The van der Waals surface area contributed by atoms with E-state index in [0.29, 0.717) is 18.0 Å². The van der Waals surface area contributed by atoms with Crippen molar-refractivity contribution in [1.29, 1.82) is 0 Å². The van der Waals surface area contributed by atoms with Gasteiger partial charge < -0.3 is 10.1 Å². The normalized spacial score (nSPS) is 12.4. The molecule has 0 bridgehead atoms. The number of benzene rings is 2. The van der Waals surface area contributed by atoms with Crippen LogP contribution in [0.4, 0.5) is 10.1 Å². The molecule has 2 aromatic carbocycles. The van der Waals surface area contributed by atoms with Crippen molar-refractivity contribution in [2.24, 2.45) is 4.99 Å². The fourth-order valence-corrected chi connectivity index (χ4v) is 2.66. The summed E-state index contributed by atoms with van der Waals surface area (Å²) in [5, 5.41) is 3.20. The lowest BCUT2D eigenvalue weighted by Crippen LogP contribution is -2.20. The monoisotopic (exact) mass is 368 g/mol. The number of hydrogen-bond donors (Lipinski definition) is 1. The number of carbonyl (C=O) groups is 1. The Balaban J connectivity index is 2.70. The van der Waals surface area contributed by atoms with E-state index < -0.39 is 11.8 Å². The van der Waals surface area contributed by atoms with Crippen molar-refractivity contribution in [3.63, 3.8) is 0 Å². The molecule has 2 aromatic rings. The van der Waals surface area contributed by atoms with Crippen LogP contribution in [0.2, 0.25) is 0 Å². The number of hydrogen-bond acceptors (Lipinski definition) is 4. The van der Waals surface area contributed by atoms with Gasteiger partial charge in [0.1, 0.15) is 11.4 Å². The average molecular weight is 368 g/mol. The molecule has 0 heterocycles. The zero-order valence-electron chi connectivity index (χ0n) is 16.2. The van der Waals surface area contributed by atoms with Crippen LogP contribution in [-0.2, 0) is 9.53 Å². The predicted octanol–water partition coefficient (Wildman–Crippen LogP) is 5.00. The first-order valence-corrected chi connectivity index (χ1v) is 8.99. The highest BCUT2D eigenvalue weighted by Crippen LogP contribution is 2.26. The molecule has 0 spiro atoms. The molecule has 4 nitrogen and oxygen atoms in total. The minimum absolute atomic E-state index is 0.219. The van der Waals surface area contributed by atoms with Gasteiger partial charge in [-0.3, -0.25) is 4.99 Å². The minimum Gasteiger partial charge on any atom is -0.462 e. The average Bonchev–Trinajstić information content (AvgIpc) is 2.64. The summed E-state index contributed by atoms with van der Waals surface area (Å²) < 4.78 is 19.8. The van der Waals surface area contributed by atoms with Gasteiger partial charge in [-0.2, -0.15) is 0 Å². The second-order valence-electron chi connectivity index (χ2n) is 6.00. The van der Waals surface area contributed by atoms with Crippen molar-refractivity contribution in [3.8, 4) is 0 Å². The second-order valence-corrected chi connectivity index (χ2v) is 6.00. The van der Waals surface area contributed by atoms with E-state index in [4.69, 9.17) is 4.74 Å². The van der Waals surface area contributed by atoms with Gasteiger partial charge in [-0.05, 0) is 52.0 Å². The molecule has 1 N–H and O–H groups in total. The molecular weight excluding hydrogens is 343 g/mol. The van der Waals surface area contributed by atoms with Gasteiger partial charge in [-0.1, -0.05) is 29.8 Å². The van der Waals surface area contributed by atoms with E-state index in [1.165, 1.54) is 6.07 Å². The number of esters is 1. The number of nitrogens with one attached hydrogen (secondary N) is 1. The van der Waals surface area contributed by atoms with E-state index in [1.807, 2.05) is 38.1 Å². The lowest BCUT2D eigenvalue weighted by molar-refractivity contribution is -0.137. The summed E-state index contributed by atoms with van der Waals surface area (Å²) in [4.78, 5) is 17.1. The predicted molar refractivity (Wildman–Crippen MR) is 108 cm³/mol. The topological polar surface area (TPSA) is 50.7 Å². The fourth-order valence-electron chi connectivity index (χ4n) is 2.66. The SMILES string of the molecule is CCN=C(C)/C(C(=O)OCC)=C(\Nc1ccc(C)cc1)c1ccccc1F. The summed E-state index contributed by atoms with van der Waals surface area (Å²) in [5.74, 6) is -0.969. The lowest BCUT2D eigenvalue weighted by Gasteiger charge is -2.18. The first kappa shape index (κ1) is 20.4. The zero-order valence-corrected chi connectivity index (χ0v) is 16.2. The third-order valence-electron chi connectivity index (χ3n) is 3.95. The Morgan fingerprint density at radius 3 is 2.37 bits per heavy atom. The lowest BCUT2D eigenvalue weighted by atomic mass is 10.0. The van der Waals surface area contributed by atoms with E-state index >= 15 is 0 Å². The van der Waals surface area contributed by atoms with Gasteiger partial charge in [0.05, 0.1) is 12.3 Å². The van der Waals surface area contributed by atoms with Crippen molar-refractivity contribution in [3.05, 3.63) is 71.0 Å². The highest BCUT2D eigenvalue weighted by Gasteiger charge is 2.23. The quantitative estimate of drug-likeness (QED) is 0.425. The number of aryl methyl sites for hydroxylation is 1. The summed E-state index contributed by atoms with van der Waals surface area (Å²) in [6, 6.07) is 14.0. The molecule has 0 aliphatic heterocycles. The van der Waals surface area contributed by atoms with Crippen molar-refractivity contribution in [2.45, 2.75) is 27.7 Å². The van der Waals surface area contributed by atoms with Gasteiger partial charge in [-0.15, -0.1) is 0 Å². The largest absolute Gasteiger partial charge is 0.462 e. The number of rotatable bonds is 7. The fraction of sp³-hybridized carbons (Fsp3) is 0.273. The molecular formula is C22H25FN2O2. The van der Waals surface area contributed by atoms with Crippen LogP contribution in [0.3, 0.4) is 0 Å². The van der Waals surface area contributed by atoms with Crippen LogP contribution < -0.4 is 5.32 Å². The van der Waals surface area contributed by atoms with Crippen LogP contribution in [0.5, 0.6) is 0 Å². The maximum absolute atomic E-state index is 14.6. The van der Waals surface area contributed by atoms with Crippen molar-refractivity contribution in [2.75, 3.05) is 18.5 Å². The van der Waals surface area contributed by atoms with Crippen LogP contribution in [0.25, 0.3) is 5.70 Å². The first-order valence-electron chi connectivity index (χ1n) is 8.99. The van der Waals surface area contributed by atoms with Crippen LogP contribution in [0.1, 0.15) is 31.9 Å². The summed E-state index contributed by atoms with van der Waals surface area (Å²) in [6.45, 7) is 8.05. The van der Waals surface area contributed by atoms with Gasteiger partial charge in [0.15, 0.2) is 0 Å². The summed E-state index contributed by atoms with van der Waals surface area (Å²) in [5.41, 5.74) is 3.19. The molecule has 0 amide bonds. The number of ether oxygens (including phenoxy) is 1. The Hall–Kier alpha value is -2.95. The second kappa shape index (κ2) is 9.67. The zero-order chi connectivity index (χ0) is 19.8. The minimum atomic E-state index is -0.537. The van der Waals surface area contributed by atoms with Crippen LogP contribution >= 0.6 is 0 Å². The molecule has 0 radical (unpaired) electrons. The summed E-state index contributed by atoms with van der Waals surface area (Å²) in [7, 11) is 0. The van der Waals surface area contributed by atoms with Gasteiger partial charge in [0, 0.05) is 23.5 Å². The van der Waals surface area contributed by atoms with Crippen LogP contribution in [-0.4, -0.2) is 24.8 Å². The smallest absolute Gasteiger partial charge is 0.342 e. The maximum atomic E-state index is 14.6. The van der Waals surface area contributed by atoms with Crippen LogP contribution in [0.15, 0.2) is 59.1 Å². The number of carbonyl (C=O) groups excluding carboxylic acids is 1. The molecule has 142 valence electrons. The van der Waals surface area contributed by atoms with E-state index in [-0.39, 0.29) is 17.7 Å². The number of halogens is 1. The number of anilines is 1. The van der Waals surface area contributed by atoms with E-state index in [2.05, 4.69) is 10.3 Å². The molecule has 0 fully saturated rings. The molecule has 27 heavy (non-hydrogen) atoms. The van der Waals surface area contributed by atoms with Crippen molar-refractivity contribution in [1.82, 2.24) is 0 Å². The maximum Gasteiger partial charge on any atom is 0.342 e. The Morgan fingerprint density at radius 2 is 1.78 bits per heavy atom. The Kier molecular flexibility index (Phi) is 7.29. The summed E-state index contributed by atoms with van der Waals surface area (Å²) in [6.07, 6.45) is 0. The number of nitrogens with zero attached hydrogens (tertiary/aromatic N) is 1. The summed E-state index contributed by atoms with van der Waals surface area (Å²) >= 11 is 0. The van der Waals surface area contributed by atoms with E-state index in [1.54, 1.807) is 32.0 Å². The van der Waals surface area contributed by atoms with Gasteiger partial charge in [0.25, 0.3) is 0 Å². The molecule has 2 rings (SSSR count). The molecule has 0 aliphatic rings. The first-order chi connectivity index (χ1) is 13.0. The van der Waals surface area contributed by atoms with Crippen molar-refractivity contribution >= 4 is 23.1 Å². The molecule has 5 heteroatoms. The molecule has 0 unspecified atom stereocenters. The van der Waals surface area contributed by atoms with Crippen LogP contribution in [0, 0.1) is 12.7 Å². The van der Waals surface area contributed by atoms with Crippen molar-refractivity contribution < 1.29 is 13.9 Å². The molecule has 0 saturated heterocycles. The standard InChI is InChI=1S/C22H25FN2O2/c1-5-24-16(4)20(22(26)27-6-2)21(18-9-7-8-10-19(18)23)25-17-13-11-15(3)12-14-17/h7-14,25H,5-6H2,1-4H3/b21-20+,24-16?. The molecule has 0 atom stereocenters. The highest BCUT2D eigenvalue weighted by atomic mass is 19.1.